The quantitative estimate of drug-likeness (QED) is 0.781. The van der Waals surface area contributed by atoms with Crippen molar-refractivity contribution in [2.45, 2.75) is 6.92 Å². The van der Waals surface area contributed by atoms with Crippen LogP contribution in [0.3, 0.4) is 0 Å². The van der Waals surface area contributed by atoms with E-state index in [1.807, 2.05) is 0 Å². The minimum atomic E-state index is -0.360. The second-order valence-corrected chi connectivity index (χ2v) is 5.98. The smallest absolute Gasteiger partial charge is 0.244 e. The lowest BCUT2D eigenvalue weighted by Gasteiger charge is -2.23. The Balaban J connectivity index is 2.27. The minimum Gasteiger partial charge on any atom is -0.493 e. The van der Waals surface area contributed by atoms with Crippen molar-refractivity contribution in [2.75, 3.05) is 38.1 Å². The maximum Gasteiger partial charge on any atom is 0.244 e. The van der Waals surface area contributed by atoms with Crippen LogP contribution in [0.2, 0.25) is 5.02 Å². The molecule has 0 bridgehead atoms. The fourth-order valence-electron chi connectivity index (χ4n) is 2.48. The zero-order chi connectivity index (χ0) is 20.0. The van der Waals surface area contributed by atoms with Gasteiger partial charge in [-0.2, -0.15) is 0 Å². The number of carbonyl (C=O) groups is 2. The lowest BCUT2D eigenvalue weighted by atomic mass is 10.2. The SMILES string of the molecule is COc1cc(N(CC(=O)Nc2ccc(Cl)cc2)C(C)=O)cc(OC)c1OC. The predicted octanol–water partition coefficient (Wildman–Crippen LogP) is 3.36. The van der Waals surface area contributed by atoms with Gasteiger partial charge in [-0.25, -0.2) is 0 Å². The number of ether oxygens (including phenoxy) is 3. The molecule has 0 atom stereocenters. The van der Waals surface area contributed by atoms with Gasteiger partial charge in [0.05, 0.1) is 27.0 Å². The first-order valence-electron chi connectivity index (χ1n) is 8.03. The van der Waals surface area contributed by atoms with Gasteiger partial charge < -0.3 is 24.4 Å². The molecule has 0 radical (unpaired) electrons. The lowest BCUT2D eigenvalue weighted by molar-refractivity contribution is -0.120. The summed E-state index contributed by atoms with van der Waals surface area (Å²) in [6, 6.07) is 9.91. The Morgan fingerprint density at radius 2 is 1.56 bits per heavy atom. The van der Waals surface area contributed by atoms with Crippen LogP contribution in [0, 0.1) is 0 Å². The molecule has 7 nitrogen and oxygen atoms in total. The monoisotopic (exact) mass is 392 g/mol. The number of nitrogens with one attached hydrogen (secondary N) is 1. The number of hydrogen-bond donors (Lipinski definition) is 1. The zero-order valence-electron chi connectivity index (χ0n) is 15.5. The highest BCUT2D eigenvalue weighted by atomic mass is 35.5. The number of benzene rings is 2. The van der Waals surface area contributed by atoms with E-state index in [9.17, 15) is 9.59 Å². The van der Waals surface area contributed by atoms with Gasteiger partial charge in [-0.15, -0.1) is 0 Å². The number of anilines is 2. The van der Waals surface area contributed by atoms with E-state index in [4.69, 9.17) is 25.8 Å². The molecule has 0 saturated heterocycles. The summed E-state index contributed by atoms with van der Waals surface area (Å²) in [4.78, 5) is 25.9. The zero-order valence-corrected chi connectivity index (χ0v) is 16.3. The summed E-state index contributed by atoms with van der Waals surface area (Å²) in [6.45, 7) is 1.19. The van der Waals surface area contributed by atoms with Crippen LogP contribution in [-0.2, 0) is 9.59 Å². The van der Waals surface area contributed by atoms with Gasteiger partial charge in [0, 0.05) is 29.8 Å². The lowest BCUT2D eigenvalue weighted by Crippen LogP contribution is -2.36. The molecular formula is C19H21ClN2O5. The summed E-state index contributed by atoms with van der Waals surface area (Å²) in [6.07, 6.45) is 0. The van der Waals surface area contributed by atoms with E-state index in [0.717, 1.165) is 0 Å². The van der Waals surface area contributed by atoms with Gasteiger partial charge in [0.1, 0.15) is 6.54 Å². The molecule has 144 valence electrons. The van der Waals surface area contributed by atoms with Gasteiger partial charge in [0.25, 0.3) is 0 Å². The van der Waals surface area contributed by atoms with Gasteiger partial charge in [-0.05, 0) is 24.3 Å². The number of nitrogens with zero attached hydrogens (tertiary/aromatic N) is 1. The number of carbonyl (C=O) groups excluding carboxylic acids is 2. The average Bonchev–Trinajstić information content (AvgIpc) is 2.66. The molecule has 1 N–H and O–H groups in total. The van der Waals surface area contributed by atoms with Crippen molar-refractivity contribution < 1.29 is 23.8 Å². The Morgan fingerprint density at radius 1 is 1.00 bits per heavy atom. The van der Waals surface area contributed by atoms with E-state index in [-0.39, 0.29) is 18.4 Å². The molecule has 0 aliphatic heterocycles. The van der Waals surface area contributed by atoms with Gasteiger partial charge in [0.15, 0.2) is 11.5 Å². The molecule has 0 aliphatic rings. The summed E-state index contributed by atoms with van der Waals surface area (Å²) in [5, 5.41) is 3.29. The van der Waals surface area contributed by atoms with E-state index in [1.54, 1.807) is 36.4 Å². The molecule has 27 heavy (non-hydrogen) atoms. The van der Waals surface area contributed by atoms with Crippen molar-refractivity contribution in [1.82, 2.24) is 0 Å². The molecule has 0 spiro atoms. The van der Waals surface area contributed by atoms with Crippen molar-refractivity contribution in [3.05, 3.63) is 41.4 Å². The topological polar surface area (TPSA) is 77.1 Å². The van der Waals surface area contributed by atoms with Crippen LogP contribution < -0.4 is 24.4 Å². The number of amides is 2. The molecule has 0 aromatic heterocycles. The van der Waals surface area contributed by atoms with Gasteiger partial charge in [0.2, 0.25) is 17.6 Å². The highest BCUT2D eigenvalue weighted by molar-refractivity contribution is 6.30. The van der Waals surface area contributed by atoms with Crippen LogP contribution in [0.15, 0.2) is 36.4 Å². The largest absolute Gasteiger partial charge is 0.493 e. The standard InChI is InChI=1S/C19H21ClN2O5/c1-12(23)22(11-18(24)21-14-7-5-13(20)6-8-14)15-9-16(25-2)19(27-4)17(10-15)26-3/h5-10H,11H2,1-4H3,(H,21,24). The molecule has 0 unspecified atom stereocenters. The number of halogens is 1. The molecule has 2 amide bonds. The van der Waals surface area contributed by atoms with E-state index in [1.165, 1.54) is 33.2 Å². The highest BCUT2D eigenvalue weighted by Gasteiger charge is 2.21. The Hall–Kier alpha value is -2.93. The fraction of sp³-hybridized carbons (Fsp3) is 0.263. The van der Waals surface area contributed by atoms with Gasteiger partial charge in [-0.1, -0.05) is 11.6 Å². The van der Waals surface area contributed by atoms with Crippen molar-refractivity contribution in [3.63, 3.8) is 0 Å². The molecule has 8 heteroatoms. The molecule has 2 aromatic carbocycles. The molecule has 2 rings (SSSR count). The third-order valence-electron chi connectivity index (χ3n) is 3.77. The Morgan fingerprint density at radius 3 is 2.00 bits per heavy atom. The first kappa shape index (κ1) is 20.4. The molecular weight excluding hydrogens is 372 g/mol. The number of methoxy groups -OCH3 is 3. The molecule has 0 aliphatic carbocycles. The van der Waals surface area contributed by atoms with E-state index >= 15 is 0 Å². The number of rotatable bonds is 7. The number of hydrogen-bond acceptors (Lipinski definition) is 5. The third-order valence-corrected chi connectivity index (χ3v) is 4.02. The van der Waals surface area contributed by atoms with E-state index in [0.29, 0.717) is 33.6 Å². The van der Waals surface area contributed by atoms with Gasteiger partial charge >= 0.3 is 0 Å². The Labute approximate surface area is 162 Å². The molecule has 2 aromatic rings. The second-order valence-electron chi connectivity index (χ2n) is 5.54. The second kappa shape index (κ2) is 9.14. The first-order valence-corrected chi connectivity index (χ1v) is 8.41. The summed E-state index contributed by atoms with van der Waals surface area (Å²) in [7, 11) is 4.45. The van der Waals surface area contributed by atoms with Crippen LogP contribution in [0.4, 0.5) is 11.4 Å². The molecule has 0 saturated carbocycles. The van der Waals surface area contributed by atoms with Crippen molar-refractivity contribution >= 4 is 34.8 Å². The first-order chi connectivity index (χ1) is 12.9. The predicted molar refractivity (Wildman–Crippen MR) is 104 cm³/mol. The Bertz CT molecular complexity index is 798. The summed E-state index contributed by atoms with van der Waals surface area (Å²) >= 11 is 5.84. The van der Waals surface area contributed by atoms with Crippen LogP contribution in [0.25, 0.3) is 0 Å². The fourth-order valence-corrected chi connectivity index (χ4v) is 2.61. The summed E-state index contributed by atoms with van der Waals surface area (Å²) < 4.78 is 15.9. The molecule has 0 fully saturated rings. The normalized spacial score (nSPS) is 10.1. The van der Waals surface area contributed by atoms with Crippen LogP contribution in [0.1, 0.15) is 6.92 Å². The van der Waals surface area contributed by atoms with Crippen LogP contribution in [-0.4, -0.2) is 39.7 Å². The molecule has 0 heterocycles. The minimum absolute atomic E-state index is 0.184. The summed E-state index contributed by atoms with van der Waals surface area (Å²) in [5.41, 5.74) is 1.03. The maximum absolute atomic E-state index is 12.4. The maximum atomic E-state index is 12.4. The Kier molecular flexibility index (Phi) is 6.90. The van der Waals surface area contributed by atoms with Crippen molar-refractivity contribution in [2.24, 2.45) is 0 Å². The van der Waals surface area contributed by atoms with Crippen LogP contribution in [0.5, 0.6) is 17.2 Å². The highest BCUT2D eigenvalue weighted by Crippen LogP contribution is 2.41. The van der Waals surface area contributed by atoms with Gasteiger partial charge in [-0.3, -0.25) is 9.59 Å². The van der Waals surface area contributed by atoms with E-state index in [2.05, 4.69) is 5.32 Å². The average molecular weight is 393 g/mol. The van der Waals surface area contributed by atoms with E-state index < -0.39 is 0 Å². The third kappa shape index (κ3) is 5.04. The summed E-state index contributed by atoms with van der Waals surface area (Å²) in [5.74, 6) is 0.502. The van der Waals surface area contributed by atoms with Crippen LogP contribution >= 0.6 is 11.6 Å². The van der Waals surface area contributed by atoms with Crippen molar-refractivity contribution in [1.29, 1.82) is 0 Å². The van der Waals surface area contributed by atoms with Crippen molar-refractivity contribution in [3.8, 4) is 17.2 Å².